The summed E-state index contributed by atoms with van der Waals surface area (Å²) >= 11 is 1.85. The number of ether oxygens (including phenoxy) is 3. The third kappa shape index (κ3) is 2.93. The standard InChI is InChI=1S/C19H22O3S/c1-13-14(2)23-19(22-13,15-5-9-17(20-3)10-6-15)16-7-11-18(21-4)12-8-16/h5-14H,1-4H3/t13-,14+/m1/s1. The molecule has 0 bridgehead atoms. The van der Waals surface area contributed by atoms with E-state index in [9.17, 15) is 0 Å². The molecule has 0 amide bonds. The zero-order chi connectivity index (χ0) is 16.4. The second-order valence-electron chi connectivity index (χ2n) is 5.72. The van der Waals surface area contributed by atoms with Crippen LogP contribution in [0.25, 0.3) is 0 Å². The predicted octanol–water partition coefficient (Wildman–Crippen LogP) is 4.45. The van der Waals surface area contributed by atoms with Gasteiger partial charge in [0.25, 0.3) is 0 Å². The molecule has 1 heterocycles. The van der Waals surface area contributed by atoms with E-state index in [0.717, 1.165) is 22.6 Å². The van der Waals surface area contributed by atoms with Gasteiger partial charge in [0.2, 0.25) is 0 Å². The van der Waals surface area contributed by atoms with Crippen LogP contribution in [0.5, 0.6) is 11.5 Å². The van der Waals surface area contributed by atoms with E-state index in [1.54, 1.807) is 14.2 Å². The van der Waals surface area contributed by atoms with Crippen molar-refractivity contribution in [3.8, 4) is 11.5 Å². The fourth-order valence-corrected chi connectivity index (χ4v) is 4.33. The Morgan fingerprint density at radius 3 is 1.57 bits per heavy atom. The number of hydrogen-bond acceptors (Lipinski definition) is 4. The highest BCUT2D eigenvalue weighted by atomic mass is 32.2. The molecule has 2 aromatic rings. The van der Waals surface area contributed by atoms with Gasteiger partial charge in [-0.3, -0.25) is 0 Å². The summed E-state index contributed by atoms with van der Waals surface area (Å²) in [6, 6.07) is 16.3. The van der Waals surface area contributed by atoms with Gasteiger partial charge in [0.15, 0.2) is 4.93 Å². The lowest BCUT2D eigenvalue weighted by molar-refractivity contribution is 0.0167. The highest BCUT2D eigenvalue weighted by Gasteiger charge is 2.46. The second-order valence-corrected chi connectivity index (χ2v) is 7.27. The molecule has 0 saturated carbocycles. The maximum atomic E-state index is 6.46. The van der Waals surface area contributed by atoms with Gasteiger partial charge in [-0.1, -0.05) is 31.2 Å². The summed E-state index contributed by atoms with van der Waals surface area (Å²) in [5.41, 5.74) is 2.26. The Kier molecular flexibility index (Phi) is 4.55. The van der Waals surface area contributed by atoms with Gasteiger partial charge in [-0.2, -0.15) is 0 Å². The Balaban J connectivity index is 2.06. The minimum absolute atomic E-state index is 0.184. The third-order valence-electron chi connectivity index (χ3n) is 4.30. The summed E-state index contributed by atoms with van der Waals surface area (Å²) in [6.07, 6.45) is 0.184. The fourth-order valence-electron chi connectivity index (χ4n) is 2.80. The summed E-state index contributed by atoms with van der Waals surface area (Å²) in [5.74, 6) is 1.70. The summed E-state index contributed by atoms with van der Waals surface area (Å²) in [7, 11) is 3.36. The minimum atomic E-state index is -0.489. The van der Waals surface area contributed by atoms with Gasteiger partial charge >= 0.3 is 0 Å². The molecule has 3 rings (SSSR count). The predicted molar refractivity (Wildman–Crippen MR) is 94.4 cm³/mol. The van der Waals surface area contributed by atoms with E-state index in [-0.39, 0.29) is 6.10 Å². The molecule has 0 N–H and O–H groups in total. The van der Waals surface area contributed by atoms with Crippen LogP contribution in [0.1, 0.15) is 25.0 Å². The topological polar surface area (TPSA) is 27.7 Å². The summed E-state index contributed by atoms with van der Waals surface area (Å²) < 4.78 is 17.0. The summed E-state index contributed by atoms with van der Waals surface area (Å²) in [5, 5.41) is 0.416. The van der Waals surface area contributed by atoms with Crippen LogP contribution in [0.4, 0.5) is 0 Å². The Hall–Kier alpha value is -1.65. The average molecular weight is 330 g/mol. The third-order valence-corrected chi connectivity index (χ3v) is 5.96. The number of hydrogen-bond donors (Lipinski definition) is 0. The molecule has 3 nitrogen and oxygen atoms in total. The van der Waals surface area contributed by atoms with E-state index in [4.69, 9.17) is 14.2 Å². The fraction of sp³-hybridized carbons (Fsp3) is 0.368. The van der Waals surface area contributed by atoms with Gasteiger partial charge in [0.1, 0.15) is 11.5 Å². The van der Waals surface area contributed by atoms with E-state index < -0.39 is 4.93 Å². The van der Waals surface area contributed by atoms with Crippen molar-refractivity contribution in [3.63, 3.8) is 0 Å². The molecule has 0 aliphatic carbocycles. The van der Waals surface area contributed by atoms with Crippen LogP contribution in [-0.4, -0.2) is 25.6 Å². The van der Waals surface area contributed by atoms with Crippen LogP contribution < -0.4 is 9.47 Å². The maximum absolute atomic E-state index is 6.46. The Bertz CT molecular complexity index is 592. The number of methoxy groups -OCH3 is 2. The minimum Gasteiger partial charge on any atom is -0.497 e. The Labute approximate surface area is 142 Å². The Morgan fingerprint density at radius 2 is 1.26 bits per heavy atom. The molecule has 1 aliphatic rings. The van der Waals surface area contributed by atoms with Crippen molar-refractivity contribution in [2.75, 3.05) is 14.2 Å². The quantitative estimate of drug-likeness (QED) is 0.828. The summed E-state index contributed by atoms with van der Waals surface area (Å²) in [4.78, 5) is -0.489. The first-order valence-electron chi connectivity index (χ1n) is 7.74. The zero-order valence-corrected chi connectivity index (χ0v) is 14.7. The molecule has 0 spiro atoms. The van der Waals surface area contributed by atoms with Crippen molar-refractivity contribution in [2.24, 2.45) is 0 Å². The number of thioether (sulfide) groups is 1. The van der Waals surface area contributed by atoms with Crippen molar-refractivity contribution in [3.05, 3.63) is 59.7 Å². The van der Waals surface area contributed by atoms with Crippen LogP contribution in [0.3, 0.4) is 0 Å². The van der Waals surface area contributed by atoms with Gasteiger partial charge in [-0.05, 0) is 42.3 Å². The lowest BCUT2D eigenvalue weighted by Gasteiger charge is -2.29. The normalized spacial score (nSPS) is 22.8. The maximum Gasteiger partial charge on any atom is 0.165 e. The molecule has 0 radical (unpaired) electrons. The van der Waals surface area contributed by atoms with Gasteiger partial charge in [0, 0.05) is 5.25 Å². The highest BCUT2D eigenvalue weighted by Crippen LogP contribution is 2.53. The second kappa shape index (κ2) is 6.46. The molecule has 4 heteroatoms. The monoisotopic (exact) mass is 330 g/mol. The van der Waals surface area contributed by atoms with Gasteiger partial charge in [-0.15, -0.1) is 11.8 Å². The van der Waals surface area contributed by atoms with E-state index in [1.165, 1.54) is 0 Å². The van der Waals surface area contributed by atoms with E-state index in [0.29, 0.717) is 5.25 Å². The first-order valence-corrected chi connectivity index (χ1v) is 8.61. The van der Waals surface area contributed by atoms with Crippen LogP contribution in [0, 0.1) is 0 Å². The van der Waals surface area contributed by atoms with E-state index in [1.807, 2.05) is 36.0 Å². The van der Waals surface area contributed by atoms with Crippen LogP contribution in [0.15, 0.2) is 48.5 Å². The number of rotatable bonds is 4. The molecule has 122 valence electrons. The lowest BCUT2D eigenvalue weighted by Crippen LogP contribution is -2.25. The SMILES string of the molecule is COc1ccc(C2(c3ccc(OC)cc3)O[C@H](C)[C@H](C)S2)cc1. The van der Waals surface area contributed by atoms with E-state index >= 15 is 0 Å². The molecule has 2 atom stereocenters. The first-order chi connectivity index (χ1) is 11.1. The van der Waals surface area contributed by atoms with Crippen LogP contribution in [0.2, 0.25) is 0 Å². The largest absolute Gasteiger partial charge is 0.497 e. The summed E-state index contributed by atoms with van der Waals surface area (Å²) in [6.45, 7) is 4.34. The van der Waals surface area contributed by atoms with Crippen LogP contribution in [-0.2, 0) is 9.67 Å². The molecule has 23 heavy (non-hydrogen) atoms. The van der Waals surface area contributed by atoms with Crippen molar-refractivity contribution in [1.82, 2.24) is 0 Å². The highest BCUT2D eigenvalue weighted by molar-refractivity contribution is 8.01. The average Bonchev–Trinajstić information content (AvgIpc) is 2.91. The van der Waals surface area contributed by atoms with Gasteiger partial charge < -0.3 is 14.2 Å². The molecule has 1 saturated heterocycles. The lowest BCUT2D eigenvalue weighted by atomic mass is 10.00. The van der Waals surface area contributed by atoms with Crippen molar-refractivity contribution >= 4 is 11.8 Å². The molecule has 2 aromatic carbocycles. The Morgan fingerprint density at radius 1 is 0.826 bits per heavy atom. The molecule has 1 fully saturated rings. The van der Waals surface area contributed by atoms with Gasteiger partial charge in [0.05, 0.1) is 20.3 Å². The van der Waals surface area contributed by atoms with E-state index in [2.05, 4.69) is 38.1 Å². The smallest absolute Gasteiger partial charge is 0.165 e. The van der Waals surface area contributed by atoms with Gasteiger partial charge in [-0.25, -0.2) is 0 Å². The van der Waals surface area contributed by atoms with Crippen LogP contribution >= 0.6 is 11.8 Å². The first kappa shape index (κ1) is 16.2. The zero-order valence-electron chi connectivity index (χ0n) is 13.9. The molecular weight excluding hydrogens is 308 g/mol. The molecule has 1 aliphatic heterocycles. The van der Waals surface area contributed by atoms with Crippen molar-refractivity contribution in [1.29, 1.82) is 0 Å². The number of benzene rings is 2. The molecule has 0 unspecified atom stereocenters. The molecular formula is C19H22O3S. The molecule has 0 aromatic heterocycles. The van der Waals surface area contributed by atoms with Crippen molar-refractivity contribution in [2.45, 2.75) is 30.1 Å². The van der Waals surface area contributed by atoms with Crippen molar-refractivity contribution < 1.29 is 14.2 Å².